The summed E-state index contributed by atoms with van der Waals surface area (Å²) in [6.45, 7) is 0. The van der Waals surface area contributed by atoms with Crippen LogP contribution in [0.25, 0.3) is 0 Å². The quantitative estimate of drug-likeness (QED) is 0.351. The highest BCUT2D eigenvalue weighted by Crippen LogP contribution is 2.07. The van der Waals surface area contributed by atoms with Crippen molar-refractivity contribution in [3.63, 3.8) is 0 Å². The molecule has 5 heteroatoms. The minimum Gasteiger partial charge on any atom is -0.370 e. The van der Waals surface area contributed by atoms with E-state index in [0.717, 1.165) is 0 Å². The lowest BCUT2D eigenvalue weighted by atomic mass is 10.5. The van der Waals surface area contributed by atoms with Crippen molar-refractivity contribution in [3.8, 4) is 0 Å². The molecule has 0 unspecified atom stereocenters. The molecule has 0 aromatic rings. The average Bonchev–Trinajstić information content (AvgIpc) is 1.98. The summed E-state index contributed by atoms with van der Waals surface area (Å²) < 4.78 is 0. The molecule has 0 aromatic carbocycles. The Morgan fingerprint density at radius 3 is 2.33 bits per heavy atom. The number of nitrogens with zero attached hydrogens (tertiary/aromatic N) is 2. The van der Waals surface area contributed by atoms with Crippen molar-refractivity contribution in [3.05, 3.63) is 0 Å². The standard InChI is InChI=1S/C4H9N3O2/c1-7-3(9)2(8)6-4(7)5/h2-3,8-9H,1H3,(H2,5,6)/t2-,3-/m1/s1. The van der Waals surface area contributed by atoms with Crippen LogP contribution in [0.2, 0.25) is 0 Å². The number of hydrogen-bond acceptors (Lipinski definition) is 5. The highest BCUT2D eigenvalue weighted by Gasteiger charge is 2.28. The zero-order valence-electron chi connectivity index (χ0n) is 5.02. The first-order valence-electron chi connectivity index (χ1n) is 2.55. The van der Waals surface area contributed by atoms with E-state index in [4.69, 9.17) is 15.9 Å². The number of nitrogens with two attached hydrogens (primary N) is 1. The zero-order chi connectivity index (χ0) is 7.02. The summed E-state index contributed by atoms with van der Waals surface area (Å²) in [4.78, 5) is 4.77. The van der Waals surface area contributed by atoms with Crippen LogP contribution in [0.5, 0.6) is 0 Å². The Balaban J connectivity index is 2.70. The maximum absolute atomic E-state index is 8.92. The monoisotopic (exact) mass is 131 g/mol. The molecule has 0 amide bonds. The van der Waals surface area contributed by atoms with Crippen molar-refractivity contribution >= 4 is 5.96 Å². The van der Waals surface area contributed by atoms with Gasteiger partial charge >= 0.3 is 0 Å². The average molecular weight is 131 g/mol. The molecule has 1 rings (SSSR count). The fraction of sp³-hybridized carbons (Fsp3) is 0.750. The van der Waals surface area contributed by atoms with Crippen molar-refractivity contribution in [1.29, 1.82) is 0 Å². The lowest BCUT2D eigenvalue weighted by Crippen LogP contribution is -2.39. The van der Waals surface area contributed by atoms with Gasteiger partial charge in [0, 0.05) is 7.05 Å². The van der Waals surface area contributed by atoms with Gasteiger partial charge < -0.3 is 20.8 Å². The van der Waals surface area contributed by atoms with Crippen molar-refractivity contribution in [2.75, 3.05) is 7.05 Å². The van der Waals surface area contributed by atoms with Crippen LogP contribution in [-0.2, 0) is 0 Å². The Morgan fingerprint density at radius 2 is 2.22 bits per heavy atom. The summed E-state index contributed by atoms with van der Waals surface area (Å²) in [6, 6.07) is 0. The van der Waals surface area contributed by atoms with Crippen LogP contribution in [0.4, 0.5) is 0 Å². The fourth-order valence-corrected chi connectivity index (χ4v) is 0.629. The Bertz CT molecular complexity index is 147. The number of rotatable bonds is 0. The van der Waals surface area contributed by atoms with Gasteiger partial charge in [0.2, 0.25) is 0 Å². The van der Waals surface area contributed by atoms with E-state index in [1.54, 1.807) is 7.05 Å². The minimum atomic E-state index is -1.09. The molecule has 0 spiro atoms. The summed E-state index contributed by atoms with van der Waals surface area (Å²) in [6.07, 6.45) is -2.07. The van der Waals surface area contributed by atoms with Crippen LogP contribution >= 0.6 is 0 Å². The van der Waals surface area contributed by atoms with Gasteiger partial charge in [0.15, 0.2) is 18.4 Å². The van der Waals surface area contributed by atoms with E-state index < -0.39 is 12.5 Å². The molecule has 9 heavy (non-hydrogen) atoms. The SMILES string of the molecule is CN1C(N)=N[C@H](O)[C@H]1O. The maximum Gasteiger partial charge on any atom is 0.195 e. The zero-order valence-corrected chi connectivity index (χ0v) is 5.02. The second kappa shape index (κ2) is 1.85. The third-order valence-corrected chi connectivity index (χ3v) is 1.29. The van der Waals surface area contributed by atoms with Gasteiger partial charge in [-0.1, -0.05) is 0 Å². The van der Waals surface area contributed by atoms with E-state index in [1.807, 2.05) is 0 Å². The van der Waals surface area contributed by atoms with E-state index in [9.17, 15) is 0 Å². The predicted molar refractivity (Wildman–Crippen MR) is 31.4 cm³/mol. The van der Waals surface area contributed by atoms with Gasteiger partial charge in [-0.15, -0.1) is 0 Å². The van der Waals surface area contributed by atoms with Gasteiger partial charge in [0.1, 0.15) is 0 Å². The van der Waals surface area contributed by atoms with Crippen LogP contribution in [0.15, 0.2) is 4.99 Å². The molecule has 52 valence electrons. The number of likely N-dealkylation sites (N-methyl/N-ethyl adjacent to an activating group) is 1. The molecule has 0 saturated heterocycles. The summed E-state index contributed by atoms with van der Waals surface area (Å²) in [7, 11) is 1.56. The smallest absolute Gasteiger partial charge is 0.195 e. The van der Waals surface area contributed by atoms with E-state index in [-0.39, 0.29) is 5.96 Å². The normalized spacial score (nSPS) is 35.0. The highest BCUT2D eigenvalue weighted by molar-refractivity contribution is 5.79. The Hall–Kier alpha value is -0.810. The molecular weight excluding hydrogens is 122 g/mol. The minimum absolute atomic E-state index is 0.162. The van der Waals surface area contributed by atoms with Crippen LogP contribution in [-0.4, -0.2) is 40.6 Å². The van der Waals surface area contributed by atoms with E-state index in [2.05, 4.69) is 4.99 Å². The second-order valence-electron chi connectivity index (χ2n) is 1.93. The molecule has 1 heterocycles. The van der Waals surface area contributed by atoms with Gasteiger partial charge in [-0.3, -0.25) is 0 Å². The first-order chi connectivity index (χ1) is 4.13. The van der Waals surface area contributed by atoms with E-state index >= 15 is 0 Å². The van der Waals surface area contributed by atoms with Crippen LogP contribution in [0.1, 0.15) is 0 Å². The summed E-state index contributed by atoms with van der Waals surface area (Å²) in [5.41, 5.74) is 5.22. The third kappa shape index (κ3) is 0.839. The molecule has 1 aliphatic rings. The Labute approximate surface area is 52.4 Å². The van der Waals surface area contributed by atoms with Crippen molar-refractivity contribution in [1.82, 2.24) is 4.90 Å². The topological polar surface area (TPSA) is 82.1 Å². The Kier molecular flexibility index (Phi) is 1.30. The van der Waals surface area contributed by atoms with E-state index in [1.165, 1.54) is 4.90 Å². The third-order valence-electron chi connectivity index (χ3n) is 1.29. The van der Waals surface area contributed by atoms with Crippen molar-refractivity contribution in [2.45, 2.75) is 12.5 Å². The van der Waals surface area contributed by atoms with Crippen LogP contribution in [0, 0.1) is 0 Å². The van der Waals surface area contributed by atoms with Gasteiger partial charge in [-0.25, -0.2) is 4.99 Å². The molecule has 5 nitrogen and oxygen atoms in total. The molecule has 0 fully saturated rings. The summed E-state index contributed by atoms with van der Waals surface area (Å²) in [5, 5.41) is 17.7. The number of guanidine groups is 1. The van der Waals surface area contributed by atoms with Crippen molar-refractivity contribution < 1.29 is 10.2 Å². The number of aliphatic imine (C=N–C) groups is 1. The van der Waals surface area contributed by atoms with Crippen molar-refractivity contribution in [2.24, 2.45) is 10.7 Å². The van der Waals surface area contributed by atoms with Crippen LogP contribution < -0.4 is 5.73 Å². The Morgan fingerprint density at radius 1 is 1.67 bits per heavy atom. The first-order valence-corrected chi connectivity index (χ1v) is 2.55. The largest absolute Gasteiger partial charge is 0.370 e. The molecule has 2 atom stereocenters. The highest BCUT2D eigenvalue weighted by atomic mass is 16.4. The molecule has 0 bridgehead atoms. The van der Waals surface area contributed by atoms with Gasteiger partial charge in [0.25, 0.3) is 0 Å². The van der Waals surface area contributed by atoms with Gasteiger partial charge in [0.05, 0.1) is 0 Å². The molecule has 0 aromatic heterocycles. The van der Waals surface area contributed by atoms with Gasteiger partial charge in [-0.05, 0) is 0 Å². The number of aliphatic hydroxyl groups excluding tert-OH is 2. The lowest BCUT2D eigenvalue weighted by Gasteiger charge is -2.16. The summed E-state index contributed by atoms with van der Waals surface area (Å²) in [5.74, 6) is 0.162. The first kappa shape index (κ1) is 6.31. The maximum atomic E-state index is 8.92. The second-order valence-corrected chi connectivity index (χ2v) is 1.93. The lowest BCUT2D eigenvalue weighted by molar-refractivity contribution is -0.0221. The molecular formula is C4H9N3O2. The summed E-state index contributed by atoms with van der Waals surface area (Å²) >= 11 is 0. The molecule has 0 radical (unpaired) electrons. The van der Waals surface area contributed by atoms with Gasteiger partial charge in [-0.2, -0.15) is 0 Å². The molecule has 4 N–H and O–H groups in total. The fourth-order valence-electron chi connectivity index (χ4n) is 0.629. The van der Waals surface area contributed by atoms with Crippen LogP contribution in [0.3, 0.4) is 0 Å². The molecule has 1 aliphatic heterocycles. The predicted octanol–water partition coefficient (Wildman–Crippen LogP) is -2.12. The molecule has 0 aliphatic carbocycles. The molecule has 0 saturated carbocycles. The number of hydrogen-bond donors (Lipinski definition) is 3. The number of aliphatic hydroxyl groups is 2. The van der Waals surface area contributed by atoms with E-state index in [0.29, 0.717) is 0 Å².